The number of carbonyl (C=O) groups excluding carboxylic acids is 2. The normalized spacial score (nSPS) is 10.8. The molecule has 8 heteroatoms. The molecule has 168 valence electrons. The number of aromatic nitrogens is 2. The average Bonchev–Trinajstić information content (AvgIpc) is 2.79. The number of aryl methyl sites for hydroxylation is 2. The molecule has 2 aromatic carbocycles. The maximum Gasteiger partial charge on any atom is 0.359 e. The molecule has 0 saturated heterocycles. The van der Waals surface area contributed by atoms with Crippen LogP contribution in [-0.2, 0) is 16.1 Å². The van der Waals surface area contributed by atoms with Crippen molar-refractivity contribution < 1.29 is 14.3 Å². The predicted octanol–water partition coefficient (Wildman–Crippen LogP) is 4.73. The van der Waals surface area contributed by atoms with Crippen LogP contribution in [0.25, 0.3) is 10.8 Å². The van der Waals surface area contributed by atoms with E-state index >= 15 is 0 Å². The quantitative estimate of drug-likeness (QED) is 0.372. The number of rotatable bonds is 9. The van der Waals surface area contributed by atoms with E-state index in [-0.39, 0.29) is 11.3 Å². The minimum Gasteiger partial charge on any atom is -0.451 e. The van der Waals surface area contributed by atoms with Gasteiger partial charge in [-0.1, -0.05) is 62.1 Å². The number of nitrogens with zero attached hydrogens (tertiary/aromatic N) is 2. The van der Waals surface area contributed by atoms with Crippen LogP contribution in [-0.4, -0.2) is 28.3 Å². The van der Waals surface area contributed by atoms with Crippen molar-refractivity contribution in [3.63, 3.8) is 0 Å². The molecule has 0 saturated carbocycles. The largest absolute Gasteiger partial charge is 0.451 e. The third kappa shape index (κ3) is 5.73. The highest BCUT2D eigenvalue weighted by Gasteiger charge is 2.19. The van der Waals surface area contributed by atoms with Crippen LogP contribution < -0.4 is 10.9 Å². The van der Waals surface area contributed by atoms with Crippen molar-refractivity contribution in [2.24, 2.45) is 0 Å². The van der Waals surface area contributed by atoms with Crippen LogP contribution in [0, 0.1) is 6.92 Å². The molecule has 3 aromatic rings. The SMILES string of the molecule is CCCCCCn1nc(C(=O)OCC(=O)Nc2cc(Cl)ccc2C)c2ccccc2c1=O. The number of amides is 1. The van der Waals surface area contributed by atoms with Crippen LogP contribution in [0.15, 0.2) is 47.3 Å². The third-order valence-corrected chi connectivity index (χ3v) is 5.33. The molecule has 0 aliphatic heterocycles. The second kappa shape index (κ2) is 10.9. The molecule has 0 radical (unpaired) electrons. The molecule has 0 aliphatic carbocycles. The second-order valence-electron chi connectivity index (χ2n) is 7.57. The van der Waals surface area contributed by atoms with Crippen molar-refractivity contribution in [2.45, 2.75) is 46.1 Å². The minimum absolute atomic E-state index is 0.0161. The van der Waals surface area contributed by atoms with E-state index < -0.39 is 18.5 Å². The van der Waals surface area contributed by atoms with Crippen molar-refractivity contribution in [2.75, 3.05) is 11.9 Å². The summed E-state index contributed by atoms with van der Waals surface area (Å²) in [6.45, 7) is 3.87. The number of unbranched alkanes of at least 4 members (excludes halogenated alkanes) is 3. The van der Waals surface area contributed by atoms with E-state index in [1.165, 1.54) is 4.68 Å². The van der Waals surface area contributed by atoms with Gasteiger partial charge in [0.05, 0.1) is 5.39 Å². The van der Waals surface area contributed by atoms with Gasteiger partial charge < -0.3 is 10.1 Å². The van der Waals surface area contributed by atoms with Crippen molar-refractivity contribution >= 4 is 39.9 Å². The first kappa shape index (κ1) is 23.5. The number of halogens is 1. The Hall–Kier alpha value is -3.19. The standard InChI is InChI=1S/C24H26ClN3O4/c1-3-4-5-8-13-28-23(30)19-10-7-6-9-18(19)22(27-28)24(31)32-15-21(29)26-20-14-17(25)12-11-16(20)2/h6-7,9-12,14H,3-5,8,13,15H2,1-2H3,(H,26,29). The van der Waals surface area contributed by atoms with Crippen LogP contribution >= 0.6 is 11.6 Å². The van der Waals surface area contributed by atoms with E-state index in [9.17, 15) is 14.4 Å². The number of anilines is 1. The monoisotopic (exact) mass is 455 g/mol. The highest BCUT2D eigenvalue weighted by molar-refractivity contribution is 6.31. The lowest BCUT2D eigenvalue weighted by Gasteiger charge is -2.12. The number of benzene rings is 2. The first-order valence-electron chi connectivity index (χ1n) is 10.6. The number of hydrogen-bond donors (Lipinski definition) is 1. The summed E-state index contributed by atoms with van der Waals surface area (Å²) in [6.07, 6.45) is 3.90. The number of ether oxygens (including phenoxy) is 1. The molecule has 1 heterocycles. The summed E-state index contributed by atoms with van der Waals surface area (Å²) in [4.78, 5) is 37.8. The maximum atomic E-state index is 12.8. The fourth-order valence-corrected chi connectivity index (χ4v) is 3.51. The number of esters is 1. The maximum absolute atomic E-state index is 12.8. The summed E-state index contributed by atoms with van der Waals surface area (Å²) in [5.74, 6) is -1.26. The van der Waals surface area contributed by atoms with Crippen molar-refractivity contribution in [1.82, 2.24) is 9.78 Å². The molecule has 0 fully saturated rings. The lowest BCUT2D eigenvalue weighted by atomic mass is 10.1. The number of hydrogen-bond acceptors (Lipinski definition) is 5. The van der Waals surface area contributed by atoms with Gasteiger partial charge in [-0.05, 0) is 37.1 Å². The van der Waals surface area contributed by atoms with Crippen molar-refractivity contribution in [3.05, 3.63) is 69.1 Å². The molecular formula is C24H26ClN3O4. The molecule has 0 bridgehead atoms. The first-order valence-corrected chi connectivity index (χ1v) is 11.0. The molecule has 0 spiro atoms. The molecule has 0 unspecified atom stereocenters. The Morgan fingerprint density at radius 2 is 1.84 bits per heavy atom. The van der Waals surface area contributed by atoms with Crippen LogP contribution in [0.3, 0.4) is 0 Å². The molecule has 7 nitrogen and oxygen atoms in total. The van der Waals surface area contributed by atoms with Gasteiger partial charge in [0.2, 0.25) is 0 Å². The zero-order chi connectivity index (χ0) is 23.1. The van der Waals surface area contributed by atoms with Gasteiger partial charge in [0.1, 0.15) is 0 Å². The molecular weight excluding hydrogens is 430 g/mol. The molecule has 32 heavy (non-hydrogen) atoms. The molecule has 1 N–H and O–H groups in total. The zero-order valence-electron chi connectivity index (χ0n) is 18.2. The second-order valence-corrected chi connectivity index (χ2v) is 8.00. The van der Waals surface area contributed by atoms with E-state index in [0.717, 1.165) is 31.2 Å². The summed E-state index contributed by atoms with van der Waals surface area (Å²) in [6, 6.07) is 11.9. The van der Waals surface area contributed by atoms with E-state index in [2.05, 4.69) is 17.3 Å². The summed E-state index contributed by atoms with van der Waals surface area (Å²) in [5, 5.41) is 8.23. The van der Waals surface area contributed by atoms with Gasteiger partial charge in [-0.3, -0.25) is 9.59 Å². The molecule has 3 rings (SSSR count). The van der Waals surface area contributed by atoms with E-state index in [0.29, 0.717) is 28.0 Å². The number of nitrogens with one attached hydrogen (secondary N) is 1. The summed E-state index contributed by atoms with van der Waals surface area (Å²) in [7, 11) is 0. The fraction of sp³-hybridized carbons (Fsp3) is 0.333. The molecule has 1 aromatic heterocycles. The van der Waals surface area contributed by atoms with E-state index in [1.54, 1.807) is 42.5 Å². The Kier molecular flexibility index (Phi) is 8.00. The van der Waals surface area contributed by atoms with Crippen molar-refractivity contribution in [1.29, 1.82) is 0 Å². The predicted molar refractivity (Wildman–Crippen MR) is 125 cm³/mol. The van der Waals surface area contributed by atoms with Crippen LogP contribution in [0.1, 0.15) is 48.7 Å². The smallest absolute Gasteiger partial charge is 0.359 e. The Morgan fingerprint density at radius 1 is 1.09 bits per heavy atom. The van der Waals surface area contributed by atoms with Crippen LogP contribution in [0.5, 0.6) is 0 Å². The van der Waals surface area contributed by atoms with Gasteiger partial charge in [-0.2, -0.15) is 5.10 Å². The third-order valence-electron chi connectivity index (χ3n) is 5.09. The summed E-state index contributed by atoms with van der Waals surface area (Å²) in [5.41, 5.74) is 1.14. The highest BCUT2D eigenvalue weighted by Crippen LogP contribution is 2.20. The van der Waals surface area contributed by atoms with E-state index in [1.807, 2.05) is 6.92 Å². The van der Waals surface area contributed by atoms with Gasteiger partial charge in [0.15, 0.2) is 12.3 Å². The van der Waals surface area contributed by atoms with Gasteiger partial charge in [0, 0.05) is 22.6 Å². The van der Waals surface area contributed by atoms with Gasteiger partial charge >= 0.3 is 5.97 Å². The lowest BCUT2D eigenvalue weighted by molar-refractivity contribution is -0.119. The van der Waals surface area contributed by atoms with Gasteiger partial charge in [-0.15, -0.1) is 0 Å². The fourth-order valence-electron chi connectivity index (χ4n) is 3.34. The van der Waals surface area contributed by atoms with Crippen LogP contribution in [0.4, 0.5) is 5.69 Å². The average molecular weight is 456 g/mol. The number of carbonyl (C=O) groups is 2. The van der Waals surface area contributed by atoms with Crippen LogP contribution in [0.2, 0.25) is 5.02 Å². The summed E-state index contributed by atoms with van der Waals surface area (Å²) < 4.78 is 6.53. The Morgan fingerprint density at radius 3 is 2.59 bits per heavy atom. The van der Waals surface area contributed by atoms with E-state index in [4.69, 9.17) is 16.3 Å². The van der Waals surface area contributed by atoms with Crippen molar-refractivity contribution in [3.8, 4) is 0 Å². The summed E-state index contributed by atoms with van der Waals surface area (Å²) >= 11 is 5.97. The Balaban J connectivity index is 1.76. The Bertz CT molecular complexity index is 1190. The highest BCUT2D eigenvalue weighted by atomic mass is 35.5. The topological polar surface area (TPSA) is 90.3 Å². The van der Waals surface area contributed by atoms with Gasteiger partial charge in [0.25, 0.3) is 11.5 Å². The molecule has 0 atom stereocenters. The lowest BCUT2D eigenvalue weighted by Crippen LogP contribution is -2.28. The minimum atomic E-state index is -0.763. The molecule has 0 aliphatic rings. The zero-order valence-corrected chi connectivity index (χ0v) is 18.9. The molecule has 1 amide bonds. The number of fused-ring (bicyclic) bond motifs is 1. The van der Waals surface area contributed by atoms with Gasteiger partial charge in [-0.25, -0.2) is 9.48 Å². The first-order chi connectivity index (χ1) is 15.4. The Labute approximate surface area is 191 Å².